The van der Waals surface area contributed by atoms with Gasteiger partial charge in [0, 0.05) is 6.54 Å². The van der Waals surface area contributed by atoms with Crippen molar-refractivity contribution >= 4 is 17.0 Å². The minimum Gasteiger partial charge on any atom is -0.480 e. The summed E-state index contributed by atoms with van der Waals surface area (Å²) in [6, 6.07) is 8.03. The summed E-state index contributed by atoms with van der Waals surface area (Å²) in [5.41, 5.74) is 1.27. The van der Waals surface area contributed by atoms with Crippen LogP contribution in [0.3, 0.4) is 0 Å². The summed E-state index contributed by atoms with van der Waals surface area (Å²) >= 11 is 0. The lowest BCUT2D eigenvalue weighted by molar-refractivity contribution is -0.145. The second-order valence-electron chi connectivity index (χ2n) is 5.39. The van der Waals surface area contributed by atoms with Gasteiger partial charge in [-0.15, -0.1) is 0 Å². The third-order valence-corrected chi connectivity index (χ3v) is 4.32. The second-order valence-corrected chi connectivity index (χ2v) is 5.39. The molecule has 1 atom stereocenters. The van der Waals surface area contributed by atoms with Gasteiger partial charge >= 0.3 is 5.97 Å². The molecular weight excluding hydrogens is 266 g/mol. The quantitative estimate of drug-likeness (QED) is 0.822. The highest BCUT2D eigenvalue weighted by Crippen LogP contribution is 2.21. The highest BCUT2D eigenvalue weighted by atomic mass is 16.4. The first kappa shape index (κ1) is 15.5. The Morgan fingerprint density at radius 3 is 2.76 bits per heavy atom. The van der Waals surface area contributed by atoms with Crippen LogP contribution >= 0.6 is 0 Å². The maximum Gasteiger partial charge on any atom is 0.323 e. The topological polar surface area (TPSA) is 67.2 Å². The number of nitrogens with one attached hydrogen (secondary N) is 1. The number of carboxylic acid groups (broad SMARTS) is 1. The minimum absolute atomic E-state index is 0.572. The predicted octanol–water partition coefficient (Wildman–Crippen LogP) is 2.58. The van der Waals surface area contributed by atoms with Crippen molar-refractivity contribution in [3.8, 4) is 0 Å². The van der Waals surface area contributed by atoms with Gasteiger partial charge in [-0.05, 0) is 45.4 Å². The number of carboxylic acids is 1. The van der Waals surface area contributed by atoms with Gasteiger partial charge in [0.2, 0.25) is 0 Å². The van der Waals surface area contributed by atoms with Crippen LogP contribution in [0.2, 0.25) is 0 Å². The zero-order valence-corrected chi connectivity index (χ0v) is 12.9. The Kier molecular flexibility index (Phi) is 4.63. The highest BCUT2D eigenvalue weighted by molar-refractivity contribution is 5.78. The lowest BCUT2D eigenvalue weighted by Gasteiger charge is -2.27. The molecule has 0 radical (unpaired) electrons. The van der Waals surface area contributed by atoms with Crippen molar-refractivity contribution in [1.82, 2.24) is 14.9 Å². The number of likely N-dealkylation sites (N-methyl/N-ethyl adjacent to an activating group) is 1. The molecule has 0 aliphatic rings. The smallest absolute Gasteiger partial charge is 0.323 e. The maximum absolute atomic E-state index is 11.5. The summed E-state index contributed by atoms with van der Waals surface area (Å²) in [4.78, 5) is 16.0. The molecule has 2 aromatic rings. The molecule has 0 aliphatic carbocycles. The van der Waals surface area contributed by atoms with E-state index >= 15 is 0 Å². The van der Waals surface area contributed by atoms with E-state index in [2.05, 4.69) is 20.9 Å². The van der Waals surface area contributed by atoms with E-state index in [1.54, 1.807) is 7.05 Å². The molecule has 0 saturated carbocycles. The fraction of sp³-hybridized carbons (Fsp3) is 0.500. The van der Waals surface area contributed by atoms with Gasteiger partial charge < -0.3 is 15.0 Å². The number of aryl methyl sites for hydroxylation is 2. The summed E-state index contributed by atoms with van der Waals surface area (Å²) in [5.74, 6) is 0.192. The van der Waals surface area contributed by atoms with Crippen LogP contribution < -0.4 is 5.32 Å². The van der Waals surface area contributed by atoms with Gasteiger partial charge in [-0.2, -0.15) is 0 Å². The van der Waals surface area contributed by atoms with E-state index in [4.69, 9.17) is 0 Å². The van der Waals surface area contributed by atoms with Crippen molar-refractivity contribution in [3.63, 3.8) is 0 Å². The first-order valence-corrected chi connectivity index (χ1v) is 7.38. The molecule has 5 heteroatoms. The van der Waals surface area contributed by atoms with E-state index in [1.165, 1.54) is 0 Å². The molecule has 1 aromatic carbocycles. The molecule has 0 spiro atoms. The molecule has 0 fully saturated rings. The van der Waals surface area contributed by atoms with Crippen LogP contribution in [-0.2, 0) is 11.3 Å². The molecular formula is C16H23N3O2. The summed E-state index contributed by atoms with van der Waals surface area (Å²) in [7, 11) is 1.72. The zero-order valence-electron chi connectivity index (χ0n) is 12.9. The van der Waals surface area contributed by atoms with Crippen LogP contribution in [-0.4, -0.2) is 33.2 Å². The Balaban J connectivity index is 2.12. The average Bonchev–Trinajstić information content (AvgIpc) is 2.79. The fourth-order valence-electron chi connectivity index (χ4n) is 2.86. The van der Waals surface area contributed by atoms with E-state index < -0.39 is 11.5 Å². The molecule has 21 heavy (non-hydrogen) atoms. The fourth-order valence-corrected chi connectivity index (χ4v) is 2.86. The third kappa shape index (κ3) is 2.93. The summed E-state index contributed by atoms with van der Waals surface area (Å²) in [6.45, 7) is 4.67. The number of benzene rings is 1. The normalized spacial score (nSPS) is 14.2. The lowest BCUT2D eigenvalue weighted by atomic mass is 9.90. The van der Waals surface area contributed by atoms with E-state index in [9.17, 15) is 9.90 Å². The number of hydrogen-bond donors (Lipinski definition) is 2. The number of carbonyl (C=O) groups is 1. The van der Waals surface area contributed by atoms with Crippen molar-refractivity contribution in [1.29, 1.82) is 0 Å². The van der Waals surface area contributed by atoms with Crippen LogP contribution in [0.15, 0.2) is 24.3 Å². The number of fused-ring (bicyclic) bond motifs is 1. The summed E-state index contributed by atoms with van der Waals surface area (Å²) in [6.07, 6.45) is 1.96. The standard InChI is InChI=1S/C16H23N3O2/c1-4-16(17-3,15(20)21)10-7-11-19-12(2)18-13-8-5-6-9-14(13)19/h5-6,8-9,17H,4,7,10-11H2,1-3H3,(H,20,21). The molecule has 2 N–H and O–H groups in total. The average molecular weight is 289 g/mol. The number of aromatic nitrogens is 2. The van der Waals surface area contributed by atoms with Gasteiger partial charge in [-0.25, -0.2) is 4.98 Å². The number of hydrogen-bond acceptors (Lipinski definition) is 3. The Morgan fingerprint density at radius 1 is 1.43 bits per heavy atom. The van der Waals surface area contributed by atoms with Crippen molar-refractivity contribution in [2.45, 2.75) is 45.2 Å². The molecule has 1 aromatic heterocycles. The first-order chi connectivity index (χ1) is 10.0. The van der Waals surface area contributed by atoms with Crippen LogP contribution in [0.25, 0.3) is 11.0 Å². The zero-order chi connectivity index (χ0) is 15.5. The number of imidazole rings is 1. The van der Waals surface area contributed by atoms with Gasteiger partial charge in [-0.1, -0.05) is 19.1 Å². The van der Waals surface area contributed by atoms with Crippen LogP contribution in [0, 0.1) is 6.92 Å². The van der Waals surface area contributed by atoms with Gasteiger partial charge in [0.1, 0.15) is 11.4 Å². The first-order valence-electron chi connectivity index (χ1n) is 7.38. The number of rotatable bonds is 7. The van der Waals surface area contributed by atoms with Crippen molar-refractivity contribution < 1.29 is 9.90 Å². The number of aliphatic carboxylic acids is 1. The molecule has 0 aliphatic heterocycles. The molecule has 1 heterocycles. The molecule has 114 valence electrons. The van der Waals surface area contributed by atoms with Crippen molar-refractivity contribution in [2.75, 3.05) is 7.05 Å². The van der Waals surface area contributed by atoms with E-state index in [0.29, 0.717) is 12.8 Å². The summed E-state index contributed by atoms with van der Waals surface area (Å²) < 4.78 is 2.16. The third-order valence-electron chi connectivity index (χ3n) is 4.32. The van der Waals surface area contributed by atoms with Gasteiger partial charge in [0.15, 0.2) is 0 Å². The van der Waals surface area contributed by atoms with Crippen LogP contribution in [0.5, 0.6) is 0 Å². The number of nitrogens with zero attached hydrogens (tertiary/aromatic N) is 2. The Hall–Kier alpha value is -1.88. The Bertz CT molecular complexity index is 629. The van der Waals surface area contributed by atoms with Gasteiger partial charge in [0.25, 0.3) is 0 Å². The van der Waals surface area contributed by atoms with Gasteiger partial charge in [0.05, 0.1) is 11.0 Å². The van der Waals surface area contributed by atoms with Crippen molar-refractivity contribution in [2.24, 2.45) is 0 Å². The monoisotopic (exact) mass is 289 g/mol. The molecule has 2 rings (SSSR count). The van der Waals surface area contributed by atoms with Crippen LogP contribution in [0.1, 0.15) is 32.0 Å². The predicted molar refractivity (Wildman–Crippen MR) is 83.4 cm³/mol. The van der Waals surface area contributed by atoms with Gasteiger partial charge in [-0.3, -0.25) is 4.79 Å². The van der Waals surface area contributed by atoms with E-state index in [1.807, 2.05) is 32.0 Å². The van der Waals surface area contributed by atoms with E-state index in [0.717, 1.165) is 29.8 Å². The molecule has 1 unspecified atom stereocenters. The lowest BCUT2D eigenvalue weighted by Crippen LogP contribution is -2.49. The highest BCUT2D eigenvalue weighted by Gasteiger charge is 2.34. The number of para-hydroxylation sites is 2. The Morgan fingerprint density at radius 2 is 2.14 bits per heavy atom. The van der Waals surface area contributed by atoms with Crippen molar-refractivity contribution in [3.05, 3.63) is 30.1 Å². The molecule has 0 bridgehead atoms. The second kappa shape index (κ2) is 6.26. The maximum atomic E-state index is 11.5. The molecule has 5 nitrogen and oxygen atoms in total. The minimum atomic E-state index is -0.829. The largest absolute Gasteiger partial charge is 0.480 e. The Labute approximate surface area is 125 Å². The SMILES string of the molecule is CCC(CCCn1c(C)nc2ccccc21)(NC)C(=O)O. The molecule has 0 saturated heterocycles. The van der Waals surface area contributed by atoms with Crippen LogP contribution in [0.4, 0.5) is 0 Å². The van der Waals surface area contributed by atoms with E-state index in [-0.39, 0.29) is 0 Å². The molecule has 0 amide bonds. The summed E-state index contributed by atoms with van der Waals surface area (Å²) in [5, 5.41) is 12.4.